The first-order valence-electron chi connectivity index (χ1n) is 9.11. The first kappa shape index (κ1) is 18.3. The molecule has 0 bridgehead atoms. The summed E-state index contributed by atoms with van der Waals surface area (Å²) in [6, 6.07) is 6.41. The smallest absolute Gasteiger partial charge is 0.338 e. The topological polar surface area (TPSA) is 76.7 Å². The lowest BCUT2D eigenvalue weighted by molar-refractivity contribution is -0.146. The minimum atomic E-state index is -0.603. The van der Waals surface area contributed by atoms with E-state index in [0.717, 1.165) is 24.8 Å². The van der Waals surface area contributed by atoms with Crippen LogP contribution in [0.1, 0.15) is 51.1 Å². The van der Waals surface area contributed by atoms with E-state index in [1.54, 1.807) is 14.0 Å². The van der Waals surface area contributed by atoms with Gasteiger partial charge in [-0.3, -0.25) is 0 Å². The SMILES string of the molecule is COc1ccccc1[C@@H]1NC(=O)NC(C)=C1C(=O)O[C@@H]1CCC[C@@H](C)C1. The Morgan fingerprint density at radius 3 is 2.73 bits per heavy atom. The van der Waals surface area contributed by atoms with Crippen LogP contribution in [0, 0.1) is 5.92 Å². The molecule has 2 aliphatic rings. The second-order valence-corrected chi connectivity index (χ2v) is 7.11. The molecule has 3 atom stereocenters. The third kappa shape index (κ3) is 3.84. The van der Waals surface area contributed by atoms with Crippen LogP contribution >= 0.6 is 0 Å². The number of allylic oxidation sites excluding steroid dienone is 1. The van der Waals surface area contributed by atoms with E-state index in [9.17, 15) is 9.59 Å². The highest BCUT2D eigenvalue weighted by Gasteiger charge is 2.35. The molecule has 1 aromatic rings. The first-order chi connectivity index (χ1) is 12.5. The Balaban J connectivity index is 1.89. The van der Waals surface area contributed by atoms with Crippen molar-refractivity contribution in [2.45, 2.75) is 51.7 Å². The van der Waals surface area contributed by atoms with E-state index in [1.165, 1.54) is 6.42 Å². The summed E-state index contributed by atoms with van der Waals surface area (Å²) in [7, 11) is 1.57. The number of carbonyl (C=O) groups is 2. The van der Waals surface area contributed by atoms with Gasteiger partial charge < -0.3 is 20.1 Å². The average Bonchev–Trinajstić information content (AvgIpc) is 2.60. The zero-order valence-electron chi connectivity index (χ0n) is 15.5. The summed E-state index contributed by atoms with van der Waals surface area (Å²) in [6.45, 7) is 3.91. The Hall–Kier alpha value is -2.50. The molecule has 1 aliphatic carbocycles. The van der Waals surface area contributed by atoms with Crippen LogP contribution in [-0.4, -0.2) is 25.2 Å². The summed E-state index contributed by atoms with van der Waals surface area (Å²) < 4.78 is 11.2. The Bertz CT molecular complexity index is 728. The minimum absolute atomic E-state index is 0.0671. The lowest BCUT2D eigenvalue weighted by atomic mass is 9.88. The highest BCUT2D eigenvalue weighted by atomic mass is 16.5. The van der Waals surface area contributed by atoms with Crippen LogP contribution < -0.4 is 15.4 Å². The number of nitrogens with one attached hydrogen (secondary N) is 2. The van der Waals surface area contributed by atoms with Gasteiger partial charge in [-0.15, -0.1) is 0 Å². The van der Waals surface area contributed by atoms with Crippen molar-refractivity contribution in [1.29, 1.82) is 0 Å². The van der Waals surface area contributed by atoms with Crippen molar-refractivity contribution >= 4 is 12.0 Å². The van der Waals surface area contributed by atoms with Gasteiger partial charge in [0.2, 0.25) is 0 Å². The molecule has 0 spiro atoms. The van der Waals surface area contributed by atoms with Crippen LogP contribution in [0.3, 0.4) is 0 Å². The number of para-hydroxylation sites is 1. The third-order valence-corrected chi connectivity index (χ3v) is 5.10. The van der Waals surface area contributed by atoms with E-state index < -0.39 is 6.04 Å². The van der Waals surface area contributed by atoms with Gasteiger partial charge in [-0.05, 0) is 38.2 Å². The number of hydrogen-bond acceptors (Lipinski definition) is 4. The van der Waals surface area contributed by atoms with Crippen LogP contribution in [0.4, 0.5) is 4.79 Å². The van der Waals surface area contributed by atoms with Crippen molar-refractivity contribution in [3.8, 4) is 5.75 Å². The first-order valence-corrected chi connectivity index (χ1v) is 9.11. The number of carbonyl (C=O) groups excluding carboxylic acids is 2. The molecular formula is C20H26N2O4. The number of esters is 1. The zero-order valence-corrected chi connectivity index (χ0v) is 15.5. The van der Waals surface area contributed by atoms with Crippen LogP contribution in [-0.2, 0) is 9.53 Å². The number of amides is 2. The number of benzene rings is 1. The quantitative estimate of drug-likeness (QED) is 0.808. The molecule has 1 heterocycles. The second kappa shape index (κ2) is 7.81. The van der Waals surface area contributed by atoms with E-state index in [1.807, 2.05) is 24.3 Å². The molecule has 140 valence electrons. The molecule has 2 amide bonds. The minimum Gasteiger partial charge on any atom is -0.496 e. The van der Waals surface area contributed by atoms with Gasteiger partial charge in [-0.1, -0.05) is 31.5 Å². The van der Waals surface area contributed by atoms with Crippen molar-refractivity contribution < 1.29 is 19.1 Å². The maximum absolute atomic E-state index is 13.0. The van der Waals surface area contributed by atoms with Gasteiger partial charge in [-0.25, -0.2) is 9.59 Å². The number of ether oxygens (including phenoxy) is 2. The molecule has 26 heavy (non-hydrogen) atoms. The van der Waals surface area contributed by atoms with Gasteiger partial charge >= 0.3 is 12.0 Å². The molecule has 0 aromatic heterocycles. The molecule has 1 aliphatic heterocycles. The van der Waals surface area contributed by atoms with Gasteiger partial charge in [0, 0.05) is 11.3 Å². The summed E-state index contributed by atoms with van der Waals surface area (Å²) in [4.78, 5) is 25.0. The van der Waals surface area contributed by atoms with Gasteiger partial charge in [0.1, 0.15) is 11.9 Å². The lowest BCUT2D eigenvalue weighted by Crippen LogP contribution is -2.45. The molecule has 3 rings (SSSR count). The van der Waals surface area contributed by atoms with Gasteiger partial charge in [-0.2, -0.15) is 0 Å². The fraction of sp³-hybridized carbons (Fsp3) is 0.500. The Labute approximate surface area is 153 Å². The molecule has 1 saturated carbocycles. The van der Waals surface area contributed by atoms with E-state index in [4.69, 9.17) is 9.47 Å². The number of methoxy groups -OCH3 is 1. The number of rotatable bonds is 4. The Morgan fingerprint density at radius 2 is 2.00 bits per heavy atom. The van der Waals surface area contributed by atoms with Crippen LogP contribution in [0.15, 0.2) is 35.5 Å². The number of hydrogen-bond donors (Lipinski definition) is 2. The van der Waals surface area contributed by atoms with E-state index in [0.29, 0.717) is 22.9 Å². The summed E-state index contributed by atoms with van der Waals surface area (Å²) >= 11 is 0. The van der Waals surface area contributed by atoms with Crippen molar-refractivity contribution in [2.75, 3.05) is 7.11 Å². The van der Waals surface area contributed by atoms with E-state index >= 15 is 0 Å². The van der Waals surface area contributed by atoms with Gasteiger partial charge in [0.05, 0.1) is 18.7 Å². The fourth-order valence-electron chi connectivity index (χ4n) is 3.80. The van der Waals surface area contributed by atoms with E-state index in [2.05, 4.69) is 17.6 Å². The second-order valence-electron chi connectivity index (χ2n) is 7.11. The maximum Gasteiger partial charge on any atom is 0.338 e. The maximum atomic E-state index is 13.0. The average molecular weight is 358 g/mol. The number of urea groups is 1. The monoisotopic (exact) mass is 358 g/mol. The molecular weight excluding hydrogens is 332 g/mol. The summed E-state index contributed by atoms with van der Waals surface area (Å²) in [5.74, 6) is 0.792. The van der Waals surface area contributed by atoms with Crippen molar-refractivity contribution in [3.63, 3.8) is 0 Å². The molecule has 0 radical (unpaired) electrons. The van der Waals surface area contributed by atoms with Gasteiger partial charge in [0.15, 0.2) is 0 Å². The zero-order chi connectivity index (χ0) is 18.7. The molecule has 6 nitrogen and oxygen atoms in total. The molecule has 0 saturated heterocycles. The third-order valence-electron chi connectivity index (χ3n) is 5.10. The van der Waals surface area contributed by atoms with Crippen LogP contribution in [0.2, 0.25) is 0 Å². The largest absolute Gasteiger partial charge is 0.496 e. The van der Waals surface area contributed by atoms with Gasteiger partial charge in [0.25, 0.3) is 0 Å². The highest BCUT2D eigenvalue weighted by Crippen LogP contribution is 2.34. The summed E-state index contributed by atoms with van der Waals surface area (Å²) in [5.41, 5.74) is 1.67. The van der Waals surface area contributed by atoms with E-state index in [-0.39, 0.29) is 18.1 Å². The Kier molecular flexibility index (Phi) is 5.49. The Morgan fingerprint density at radius 1 is 1.23 bits per heavy atom. The van der Waals surface area contributed by atoms with Crippen molar-refractivity contribution in [3.05, 3.63) is 41.1 Å². The van der Waals surface area contributed by atoms with Crippen LogP contribution in [0.25, 0.3) is 0 Å². The van der Waals surface area contributed by atoms with Crippen molar-refractivity contribution in [2.24, 2.45) is 5.92 Å². The highest BCUT2D eigenvalue weighted by molar-refractivity contribution is 5.95. The lowest BCUT2D eigenvalue weighted by Gasteiger charge is -2.31. The normalized spacial score (nSPS) is 26.0. The molecule has 1 fully saturated rings. The predicted octanol–water partition coefficient (Wildman–Crippen LogP) is 3.45. The summed E-state index contributed by atoms with van der Waals surface area (Å²) in [6.07, 6.45) is 3.96. The van der Waals surface area contributed by atoms with Crippen molar-refractivity contribution in [1.82, 2.24) is 10.6 Å². The molecule has 0 unspecified atom stereocenters. The predicted molar refractivity (Wildman–Crippen MR) is 97.6 cm³/mol. The molecule has 6 heteroatoms. The molecule has 1 aromatic carbocycles. The van der Waals surface area contributed by atoms with Crippen LogP contribution in [0.5, 0.6) is 5.75 Å². The standard InChI is InChI=1S/C20H26N2O4/c1-12-7-6-8-14(11-12)26-19(23)17-13(2)21-20(24)22-18(17)15-9-4-5-10-16(15)25-3/h4-5,9-10,12,14,18H,6-8,11H2,1-3H3,(H2,21,22,24)/t12-,14-,18+/m1/s1. The molecule has 2 N–H and O–H groups in total. The fourth-order valence-corrected chi connectivity index (χ4v) is 3.80. The summed E-state index contributed by atoms with van der Waals surface area (Å²) in [5, 5.41) is 5.51.